The van der Waals surface area contributed by atoms with Crippen LogP contribution < -0.4 is 10.1 Å². The van der Waals surface area contributed by atoms with Gasteiger partial charge in [0.15, 0.2) is 0 Å². The number of ether oxygens (including phenoxy) is 1. The molecule has 3 nitrogen and oxygen atoms in total. The Morgan fingerprint density at radius 3 is 2.67 bits per heavy atom. The lowest BCUT2D eigenvalue weighted by Crippen LogP contribution is -2.36. The van der Waals surface area contributed by atoms with E-state index < -0.39 is 0 Å². The van der Waals surface area contributed by atoms with E-state index in [4.69, 9.17) is 4.74 Å². The highest BCUT2D eigenvalue weighted by molar-refractivity contribution is 5.50. The second-order valence-corrected chi connectivity index (χ2v) is 5.36. The average molecular weight is 248 g/mol. The molecule has 0 saturated heterocycles. The number of rotatable bonds is 5. The zero-order valence-electron chi connectivity index (χ0n) is 12.1. The van der Waals surface area contributed by atoms with Gasteiger partial charge in [0.25, 0.3) is 0 Å². The number of hydrogen-bond donors (Lipinski definition) is 1. The summed E-state index contributed by atoms with van der Waals surface area (Å²) in [5.41, 5.74) is 2.42. The van der Waals surface area contributed by atoms with Crippen LogP contribution in [0.15, 0.2) is 23.8 Å². The van der Waals surface area contributed by atoms with Crippen molar-refractivity contribution in [3.63, 3.8) is 0 Å². The molecule has 0 unspecified atom stereocenters. The van der Waals surface area contributed by atoms with Gasteiger partial charge in [0, 0.05) is 18.2 Å². The normalized spacial score (nSPS) is 12.6. The minimum absolute atomic E-state index is 0.135. The van der Waals surface area contributed by atoms with Gasteiger partial charge < -0.3 is 10.1 Å². The monoisotopic (exact) mass is 248 g/mol. The average Bonchev–Trinajstić information content (AvgIpc) is 2.33. The molecular formula is C15H24N2O. The molecule has 0 fully saturated rings. The van der Waals surface area contributed by atoms with Crippen molar-refractivity contribution in [3.05, 3.63) is 29.5 Å². The molecule has 1 aromatic rings. The van der Waals surface area contributed by atoms with Crippen LogP contribution in [0.1, 0.15) is 39.8 Å². The maximum absolute atomic E-state index is 5.13. The van der Waals surface area contributed by atoms with E-state index >= 15 is 0 Å². The number of nitrogens with zero attached hydrogens (tertiary/aromatic N) is 1. The van der Waals surface area contributed by atoms with E-state index in [1.807, 2.05) is 18.2 Å². The van der Waals surface area contributed by atoms with Crippen molar-refractivity contribution in [2.45, 2.75) is 39.7 Å². The quantitative estimate of drug-likeness (QED) is 0.868. The first-order valence-corrected chi connectivity index (χ1v) is 6.40. The predicted octanol–water partition coefficient (Wildman–Crippen LogP) is 3.27. The second-order valence-electron chi connectivity index (χ2n) is 5.36. The smallest absolute Gasteiger partial charge is 0.213 e. The number of nitrogens with one attached hydrogen (secondary N) is 1. The van der Waals surface area contributed by atoms with Crippen molar-refractivity contribution < 1.29 is 4.74 Å². The summed E-state index contributed by atoms with van der Waals surface area (Å²) in [6, 6.07) is 5.81. The molecule has 0 aliphatic heterocycles. The van der Waals surface area contributed by atoms with Crippen LogP contribution in [0.5, 0.6) is 5.88 Å². The van der Waals surface area contributed by atoms with Gasteiger partial charge in [-0.3, -0.25) is 0 Å². The molecule has 100 valence electrons. The third-order valence-corrected chi connectivity index (χ3v) is 2.61. The Kier molecular flexibility index (Phi) is 5.35. The molecule has 3 heteroatoms. The van der Waals surface area contributed by atoms with Crippen molar-refractivity contribution in [2.75, 3.05) is 13.7 Å². The molecule has 1 rings (SSSR count). The Bertz CT molecular complexity index is 405. The van der Waals surface area contributed by atoms with Crippen LogP contribution in [0, 0.1) is 0 Å². The van der Waals surface area contributed by atoms with E-state index in [2.05, 4.69) is 44.1 Å². The SMILES string of the molecule is CC/C(=C/c1cccc(OC)n1)CNC(C)(C)C. The Labute approximate surface area is 110 Å². The highest BCUT2D eigenvalue weighted by Crippen LogP contribution is 2.12. The fourth-order valence-electron chi connectivity index (χ4n) is 1.49. The molecule has 1 N–H and O–H groups in total. The van der Waals surface area contributed by atoms with E-state index in [0.717, 1.165) is 18.7 Å². The molecule has 0 amide bonds. The van der Waals surface area contributed by atoms with Gasteiger partial charge in [-0.05, 0) is 39.3 Å². The minimum atomic E-state index is 0.135. The van der Waals surface area contributed by atoms with Gasteiger partial charge in [0.1, 0.15) is 0 Å². The lowest BCUT2D eigenvalue weighted by atomic mass is 10.1. The van der Waals surface area contributed by atoms with Gasteiger partial charge in [-0.25, -0.2) is 4.98 Å². The fourth-order valence-corrected chi connectivity index (χ4v) is 1.49. The van der Waals surface area contributed by atoms with Gasteiger partial charge >= 0.3 is 0 Å². The van der Waals surface area contributed by atoms with E-state index in [1.165, 1.54) is 5.57 Å². The van der Waals surface area contributed by atoms with Gasteiger partial charge in [-0.2, -0.15) is 0 Å². The standard InChI is InChI=1S/C15H24N2O/c1-6-12(11-16-15(2,3)4)10-13-8-7-9-14(17-13)18-5/h7-10,16H,6,11H2,1-5H3/b12-10-. The first kappa shape index (κ1) is 14.7. The van der Waals surface area contributed by atoms with Crippen molar-refractivity contribution in [2.24, 2.45) is 0 Å². The Balaban J connectivity index is 2.76. The second kappa shape index (κ2) is 6.55. The number of aromatic nitrogens is 1. The lowest BCUT2D eigenvalue weighted by Gasteiger charge is -2.21. The first-order valence-electron chi connectivity index (χ1n) is 6.40. The molecule has 1 aromatic heterocycles. The third-order valence-electron chi connectivity index (χ3n) is 2.61. The van der Waals surface area contributed by atoms with Gasteiger partial charge in [0.2, 0.25) is 5.88 Å². The van der Waals surface area contributed by atoms with Crippen molar-refractivity contribution in [3.8, 4) is 5.88 Å². The molecule has 0 aliphatic carbocycles. The summed E-state index contributed by atoms with van der Waals surface area (Å²) >= 11 is 0. The van der Waals surface area contributed by atoms with Gasteiger partial charge in [0.05, 0.1) is 12.8 Å². The number of hydrogen-bond acceptors (Lipinski definition) is 3. The van der Waals surface area contributed by atoms with Crippen molar-refractivity contribution in [1.29, 1.82) is 0 Å². The molecule has 1 heterocycles. The zero-order chi connectivity index (χ0) is 13.6. The predicted molar refractivity (Wildman–Crippen MR) is 76.8 cm³/mol. The number of methoxy groups -OCH3 is 1. The number of pyridine rings is 1. The highest BCUT2D eigenvalue weighted by atomic mass is 16.5. The van der Waals surface area contributed by atoms with Gasteiger partial charge in [-0.1, -0.05) is 18.6 Å². The molecule has 0 aliphatic rings. The zero-order valence-corrected chi connectivity index (χ0v) is 12.1. The molecule has 0 spiro atoms. The maximum Gasteiger partial charge on any atom is 0.213 e. The van der Waals surface area contributed by atoms with Crippen LogP contribution in [0.4, 0.5) is 0 Å². The summed E-state index contributed by atoms with van der Waals surface area (Å²) in [6.45, 7) is 9.56. The molecular weight excluding hydrogens is 224 g/mol. The fraction of sp³-hybridized carbons (Fsp3) is 0.533. The topological polar surface area (TPSA) is 34.1 Å². The Morgan fingerprint density at radius 2 is 2.11 bits per heavy atom. The van der Waals surface area contributed by atoms with E-state index in [0.29, 0.717) is 5.88 Å². The summed E-state index contributed by atoms with van der Waals surface area (Å²) in [5, 5.41) is 3.49. The van der Waals surface area contributed by atoms with Crippen LogP contribution in [-0.4, -0.2) is 24.2 Å². The first-order chi connectivity index (χ1) is 8.44. The van der Waals surface area contributed by atoms with Crippen molar-refractivity contribution >= 4 is 6.08 Å². The molecule has 0 atom stereocenters. The summed E-state index contributed by atoms with van der Waals surface area (Å²) in [4.78, 5) is 4.40. The van der Waals surface area contributed by atoms with Gasteiger partial charge in [-0.15, -0.1) is 0 Å². The van der Waals surface area contributed by atoms with Crippen LogP contribution in [0.25, 0.3) is 6.08 Å². The van der Waals surface area contributed by atoms with Crippen molar-refractivity contribution in [1.82, 2.24) is 10.3 Å². The van der Waals surface area contributed by atoms with E-state index in [1.54, 1.807) is 7.11 Å². The highest BCUT2D eigenvalue weighted by Gasteiger charge is 2.08. The maximum atomic E-state index is 5.13. The van der Waals surface area contributed by atoms with E-state index in [-0.39, 0.29) is 5.54 Å². The lowest BCUT2D eigenvalue weighted by molar-refractivity contribution is 0.397. The molecule has 18 heavy (non-hydrogen) atoms. The molecule has 0 bridgehead atoms. The van der Waals surface area contributed by atoms with Crippen LogP contribution in [0.3, 0.4) is 0 Å². The summed E-state index contributed by atoms with van der Waals surface area (Å²) in [5.74, 6) is 0.656. The summed E-state index contributed by atoms with van der Waals surface area (Å²) < 4.78 is 5.13. The minimum Gasteiger partial charge on any atom is -0.481 e. The molecule has 0 radical (unpaired) electrons. The largest absolute Gasteiger partial charge is 0.481 e. The summed E-state index contributed by atoms with van der Waals surface area (Å²) in [6.07, 6.45) is 3.14. The van der Waals surface area contributed by atoms with Crippen LogP contribution >= 0.6 is 0 Å². The van der Waals surface area contributed by atoms with Crippen LogP contribution in [-0.2, 0) is 0 Å². The van der Waals surface area contributed by atoms with Crippen LogP contribution in [0.2, 0.25) is 0 Å². The van der Waals surface area contributed by atoms with E-state index in [9.17, 15) is 0 Å². The summed E-state index contributed by atoms with van der Waals surface area (Å²) in [7, 11) is 1.64. The molecule has 0 aromatic carbocycles. The third kappa shape index (κ3) is 5.32. The molecule has 0 saturated carbocycles. The Hall–Kier alpha value is -1.35. The Morgan fingerprint density at radius 1 is 1.39 bits per heavy atom.